The molecule has 76 valence electrons. The zero-order valence-electron chi connectivity index (χ0n) is 7.31. The van der Waals surface area contributed by atoms with Gasteiger partial charge in [-0.3, -0.25) is 0 Å². The van der Waals surface area contributed by atoms with Crippen molar-refractivity contribution in [3.05, 3.63) is 32.8 Å². The molecule has 0 aliphatic heterocycles. The van der Waals surface area contributed by atoms with Gasteiger partial charge in [-0.15, -0.1) is 11.6 Å². The number of halogens is 3. The summed E-state index contributed by atoms with van der Waals surface area (Å²) in [5, 5.41) is 0.335. The van der Waals surface area contributed by atoms with Crippen LogP contribution in [0, 0.1) is 0 Å². The normalized spacial score (nSPS) is 10.0. The lowest BCUT2D eigenvalue weighted by molar-refractivity contribution is 0.0600. The third-order valence-electron chi connectivity index (χ3n) is 1.67. The van der Waals surface area contributed by atoms with Crippen LogP contribution in [0.4, 0.5) is 0 Å². The Morgan fingerprint density at radius 3 is 2.71 bits per heavy atom. The third kappa shape index (κ3) is 2.41. The highest BCUT2D eigenvalue weighted by atomic mass is 79.9. The number of hydrogen-bond acceptors (Lipinski definition) is 2. The Morgan fingerprint density at radius 2 is 2.21 bits per heavy atom. The van der Waals surface area contributed by atoms with Crippen molar-refractivity contribution in [2.45, 2.75) is 5.88 Å². The molecule has 14 heavy (non-hydrogen) atoms. The average Bonchev–Trinajstić information content (AvgIpc) is 2.15. The number of ether oxygens (including phenoxy) is 1. The summed E-state index contributed by atoms with van der Waals surface area (Å²) in [4.78, 5) is 11.3. The predicted octanol–water partition coefficient (Wildman–Crippen LogP) is 3.63. The van der Waals surface area contributed by atoms with Gasteiger partial charge in [-0.05, 0) is 17.7 Å². The Morgan fingerprint density at radius 1 is 1.57 bits per heavy atom. The lowest BCUT2D eigenvalue weighted by atomic mass is 10.1. The molecule has 0 amide bonds. The van der Waals surface area contributed by atoms with Gasteiger partial charge >= 0.3 is 5.97 Å². The quantitative estimate of drug-likeness (QED) is 0.615. The second-order valence-electron chi connectivity index (χ2n) is 2.55. The van der Waals surface area contributed by atoms with Crippen molar-refractivity contribution >= 4 is 45.1 Å². The Labute approximate surface area is 100 Å². The molecule has 5 heteroatoms. The standard InChI is InChI=1S/C9H7BrCl2O2/c1-14-9(13)8-5(4-11)2-6(10)3-7(8)12/h2-3H,4H2,1H3. The van der Waals surface area contributed by atoms with Crippen molar-refractivity contribution in [3.63, 3.8) is 0 Å². The lowest BCUT2D eigenvalue weighted by Crippen LogP contribution is -2.06. The summed E-state index contributed by atoms with van der Waals surface area (Å²) in [6.07, 6.45) is 0. The van der Waals surface area contributed by atoms with Crippen LogP contribution in [-0.2, 0) is 10.6 Å². The predicted molar refractivity (Wildman–Crippen MR) is 60.0 cm³/mol. The van der Waals surface area contributed by atoms with E-state index in [4.69, 9.17) is 23.2 Å². The maximum absolute atomic E-state index is 11.3. The summed E-state index contributed by atoms with van der Waals surface area (Å²) < 4.78 is 5.39. The number of hydrogen-bond donors (Lipinski definition) is 0. The maximum Gasteiger partial charge on any atom is 0.339 e. The molecule has 0 fully saturated rings. The fraction of sp³-hybridized carbons (Fsp3) is 0.222. The lowest BCUT2D eigenvalue weighted by Gasteiger charge is -2.07. The van der Waals surface area contributed by atoms with E-state index in [0.29, 0.717) is 16.1 Å². The van der Waals surface area contributed by atoms with Gasteiger partial charge in [0.05, 0.1) is 17.7 Å². The molecule has 0 radical (unpaired) electrons. The monoisotopic (exact) mass is 296 g/mol. The molecule has 1 aromatic rings. The minimum absolute atomic E-state index is 0.212. The van der Waals surface area contributed by atoms with E-state index < -0.39 is 5.97 Å². The Bertz CT molecular complexity index is 366. The molecule has 0 N–H and O–H groups in total. The van der Waals surface area contributed by atoms with Gasteiger partial charge in [0.2, 0.25) is 0 Å². The van der Waals surface area contributed by atoms with Crippen LogP contribution in [0.15, 0.2) is 16.6 Å². The molecule has 1 rings (SSSR count). The van der Waals surface area contributed by atoms with Crippen LogP contribution in [0.5, 0.6) is 0 Å². The molecule has 0 aliphatic rings. The van der Waals surface area contributed by atoms with Gasteiger partial charge in [0.15, 0.2) is 0 Å². The highest BCUT2D eigenvalue weighted by Gasteiger charge is 2.16. The summed E-state index contributed by atoms with van der Waals surface area (Å²) in [5.74, 6) is -0.262. The first-order valence-corrected chi connectivity index (χ1v) is 5.43. The Hall–Kier alpha value is -0.250. The average molecular weight is 298 g/mol. The zero-order chi connectivity index (χ0) is 10.7. The van der Waals surface area contributed by atoms with E-state index in [0.717, 1.165) is 4.47 Å². The number of benzene rings is 1. The number of methoxy groups -OCH3 is 1. The molecule has 0 unspecified atom stereocenters. The summed E-state index contributed by atoms with van der Waals surface area (Å²) in [7, 11) is 1.30. The van der Waals surface area contributed by atoms with Gasteiger partial charge in [-0.1, -0.05) is 27.5 Å². The summed E-state index contributed by atoms with van der Waals surface area (Å²) in [6.45, 7) is 0. The van der Waals surface area contributed by atoms with Crippen molar-refractivity contribution in [1.82, 2.24) is 0 Å². The molecule has 0 spiro atoms. The second kappa shape index (κ2) is 5.01. The van der Waals surface area contributed by atoms with Gasteiger partial charge in [0.1, 0.15) is 0 Å². The van der Waals surface area contributed by atoms with Crippen LogP contribution >= 0.6 is 39.1 Å². The Kier molecular flexibility index (Phi) is 4.23. The summed E-state index contributed by atoms with van der Waals surface area (Å²) >= 11 is 14.9. The van der Waals surface area contributed by atoms with E-state index in [2.05, 4.69) is 20.7 Å². The van der Waals surface area contributed by atoms with Crippen LogP contribution in [-0.4, -0.2) is 13.1 Å². The van der Waals surface area contributed by atoms with Crippen molar-refractivity contribution in [2.24, 2.45) is 0 Å². The first-order valence-electron chi connectivity index (χ1n) is 3.72. The number of carbonyl (C=O) groups excluding carboxylic acids is 1. The molecule has 0 bridgehead atoms. The van der Waals surface area contributed by atoms with Gasteiger partial charge < -0.3 is 4.74 Å². The van der Waals surface area contributed by atoms with Gasteiger partial charge in [-0.25, -0.2) is 4.79 Å². The first-order chi connectivity index (χ1) is 6.60. The minimum Gasteiger partial charge on any atom is -0.465 e. The molecular weight excluding hydrogens is 291 g/mol. The SMILES string of the molecule is COC(=O)c1c(Cl)cc(Br)cc1CCl. The topological polar surface area (TPSA) is 26.3 Å². The molecule has 0 heterocycles. The van der Waals surface area contributed by atoms with Gasteiger partial charge in [0.25, 0.3) is 0 Å². The molecule has 0 aromatic heterocycles. The number of carbonyl (C=O) groups is 1. The largest absolute Gasteiger partial charge is 0.465 e. The van der Waals surface area contributed by atoms with Crippen LogP contribution < -0.4 is 0 Å². The molecule has 0 saturated heterocycles. The highest BCUT2D eigenvalue weighted by Crippen LogP contribution is 2.27. The minimum atomic E-state index is -0.474. The van der Waals surface area contributed by atoms with E-state index in [-0.39, 0.29) is 5.88 Å². The van der Waals surface area contributed by atoms with Crippen molar-refractivity contribution < 1.29 is 9.53 Å². The zero-order valence-corrected chi connectivity index (χ0v) is 10.4. The highest BCUT2D eigenvalue weighted by molar-refractivity contribution is 9.10. The van der Waals surface area contributed by atoms with Crippen molar-refractivity contribution in [3.8, 4) is 0 Å². The summed E-state index contributed by atoms with van der Waals surface area (Å²) in [6, 6.07) is 3.37. The molecule has 1 aromatic carbocycles. The number of esters is 1. The third-order valence-corrected chi connectivity index (χ3v) is 2.71. The second-order valence-corrected chi connectivity index (χ2v) is 4.14. The molecule has 2 nitrogen and oxygen atoms in total. The molecule has 0 saturated carbocycles. The maximum atomic E-state index is 11.3. The number of alkyl halides is 1. The van der Waals surface area contributed by atoms with Gasteiger partial charge in [-0.2, -0.15) is 0 Å². The first kappa shape index (κ1) is 11.8. The molecule has 0 aliphatic carbocycles. The van der Waals surface area contributed by atoms with Crippen LogP contribution in [0.3, 0.4) is 0 Å². The van der Waals surface area contributed by atoms with Crippen molar-refractivity contribution in [2.75, 3.05) is 7.11 Å². The molecular formula is C9H7BrCl2O2. The van der Waals surface area contributed by atoms with Crippen molar-refractivity contribution in [1.29, 1.82) is 0 Å². The fourth-order valence-electron chi connectivity index (χ4n) is 1.06. The number of rotatable bonds is 2. The van der Waals surface area contributed by atoms with E-state index in [1.54, 1.807) is 12.1 Å². The van der Waals surface area contributed by atoms with Crippen LogP contribution in [0.2, 0.25) is 5.02 Å². The van der Waals surface area contributed by atoms with Gasteiger partial charge in [0, 0.05) is 10.4 Å². The molecule has 0 atom stereocenters. The van der Waals surface area contributed by atoms with E-state index in [1.165, 1.54) is 7.11 Å². The van der Waals surface area contributed by atoms with E-state index in [1.807, 2.05) is 0 Å². The van der Waals surface area contributed by atoms with E-state index >= 15 is 0 Å². The van der Waals surface area contributed by atoms with E-state index in [9.17, 15) is 4.79 Å². The smallest absolute Gasteiger partial charge is 0.339 e. The Balaban J connectivity index is 3.32. The summed E-state index contributed by atoms with van der Waals surface area (Å²) in [5.41, 5.74) is 0.977. The fourth-order valence-corrected chi connectivity index (χ4v) is 2.23. The van der Waals surface area contributed by atoms with Crippen LogP contribution in [0.25, 0.3) is 0 Å². The van der Waals surface area contributed by atoms with Crippen LogP contribution in [0.1, 0.15) is 15.9 Å².